The molecule has 0 fully saturated rings. The molecule has 0 aliphatic heterocycles. The van der Waals surface area contributed by atoms with Crippen LogP contribution in [0.5, 0.6) is 0 Å². The maximum absolute atomic E-state index is 12.3. The van der Waals surface area contributed by atoms with Gasteiger partial charge in [0, 0.05) is 29.5 Å². The summed E-state index contributed by atoms with van der Waals surface area (Å²) in [5.74, 6) is 0. The minimum absolute atomic E-state index is 0.414. The molecule has 0 atom stereocenters. The molecule has 0 unspecified atom stereocenters. The number of aromatic nitrogens is 3. The molecular weight excluding hydrogens is 278 g/mol. The summed E-state index contributed by atoms with van der Waals surface area (Å²) in [6, 6.07) is 7.58. The predicted molar refractivity (Wildman–Crippen MR) is 84.6 cm³/mol. The Balaban J connectivity index is 2.08. The fourth-order valence-electron chi connectivity index (χ4n) is 2.25. The number of hydrogen-bond donors (Lipinski definition) is 0. The Morgan fingerprint density at radius 1 is 1.18 bits per heavy atom. The number of rotatable bonds is 1. The first kappa shape index (κ1) is 14.3. The summed E-state index contributed by atoms with van der Waals surface area (Å²) >= 11 is 0. The van der Waals surface area contributed by atoms with E-state index in [1.165, 1.54) is 4.57 Å². The van der Waals surface area contributed by atoms with Crippen molar-refractivity contribution < 1.29 is 9.53 Å². The summed E-state index contributed by atoms with van der Waals surface area (Å²) in [6.07, 6.45) is 6.43. The van der Waals surface area contributed by atoms with Crippen molar-refractivity contribution in [1.29, 1.82) is 0 Å². The maximum atomic E-state index is 12.3. The van der Waals surface area contributed by atoms with Crippen molar-refractivity contribution in [1.82, 2.24) is 14.5 Å². The highest BCUT2D eigenvalue weighted by Crippen LogP contribution is 2.27. The molecule has 3 heterocycles. The Kier molecular flexibility index (Phi) is 3.41. The molecule has 0 aliphatic carbocycles. The predicted octanol–water partition coefficient (Wildman–Crippen LogP) is 3.88. The molecule has 0 spiro atoms. The summed E-state index contributed by atoms with van der Waals surface area (Å²) in [7, 11) is 0. The summed E-state index contributed by atoms with van der Waals surface area (Å²) in [5, 5.41) is 0.916. The van der Waals surface area contributed by atoms with Gasteiger partial charge < -0.3 is 4.74 Å². The van der Waals surface area contributed by atoms with Crippen molar-refractivity contribution in [2.24, 2.45) is 0 Å². The van der Waals surface area contributed by atoms with Crippen LogP contribution in [0.1, 0.15) is 20.8 Å². The zero-order valence-corrected chi connectivity index (χ0v) is 12.8. The van der Waals surface area contributed by atoms with E-state index >= 15 is 0 Å². The van der Waals surface area contributed by atoms with Crippen molar-refractivity contribution in [2.45, 2.75) is 26.4 Å². The number of hydrogen-bond acceptors (Lipinski definition) is 4. The third-order valence-electron chi connectivity index (χ3n) is 3.15. The molecular formula is C17H17N3O2. The number of ether oxygens (including phenoxy) is 1. The van der Waals surface area contributed by atoms with Gasteiger partial charge in [0.05, 0.1) is 17.4 Å². The van der Waals surface area contributed by atoms with Gasteiger partial charge in [-0.05, 0) is 39.0 Å². The fraction of sp³-hybridized carbons (Fsp3) is 0.235. The van der Waals surface area contributed by atoms with Gasteiger partial charge >= 0.3 is 6.09 Å². The van der Waals surface area contributed by atoms with Crippen LogP contribution in [0.15, 0.2) is 49.1 Å². The lowest BCUT2D eigenvalue weighted by molar-refractivity contribution is 0.0544. The van der Waals surface area contributed by atoms with Crippen LogP contribution in [0.2, 0.25) is 0 Å². The Hall–Kier alpha value is -2.69. The highest BCUT2D eigenvalue weighted by atomic mass is 16.6. The van der Waals surface area contributed by atoms with Crippen LogP contribution in [-0.4, -0.2) is 26.2 Å². The van der Waals surface area contributed by atoms with E-state index in [-0.39, 0.29) is 0 Å². The molecule has 0 N–H and O–H groups in total. The normalized spacial score (nSPS) is 11.6. The Labute approximate surface area is 128 Å². The van der Waals surface area contributed by atoms with Crippen molar-refractivity contribution >= 4 is 17.0 Å². The number of carbonyl (C=O) groups is 1. The van der Waals surface area contributed by atoms with Crippen LogP contribution in [0.3, 0.4) is 0 Å². The Morgan fingerprint density at radius 2 is 2.00 bits per heavy atom. The van der Waals surface area contributed by atoms with Gasteiger partial charge in [0.1, 0.15) is 5.60 Å². The molecule has 0 saturated heterocycles. The summed E-state index contributed by atoms with van der Waals surface area (Å²) < 4.78 is 6.89. The lowest BCUT2D eigenvalue weighted by atomic mass is 10.1. The molecule has 0 saturated carbocycles. The smallest absolute Gasteiger partial charge is 0.419 e. The first-order valence-corrected chi connectivity index (χ1v) is 7.05. The molecule has 0 amide bonds. The van der Waals surface area contributed by atoms with Gasteiger partial charge in [-0.1, -0.05) is 6.07 Å². The summed E-state index contributed by atoms with van der Waals surface area (Å²) in [6.45, 7) is 5.52. The fourth-order valence-corrected chi connectivity index (χ4v) is 2.25. The van der Waals surface area contributed by atoms with E-state index in [2.05, 4.69) is 9.97 Å². The van der Waals surface area contributed by atoms with Gasteiger partial charge in [0.15, 0.2) is 0 Å². The monoisotopic (exact) mass is 295 g/mol. The molecule has 3 aromatic rings. The van der Waals surface area contributed by atoms with E-state index in [1.807, 2.05) is 45.0 Å². The van der Waals surface area contributed by atoms with Crippen LogP contribution in [0, 0.1) is 0 Å². The molecule has 0 aromatic carbocycles. The molecule has 5 heteroatoms. The maximum Gasteiger partial charge on any atom is 0.419 e. The highest BCUT2D eigenvalue weighted by molar-refractivity contribution is 5.97. The summed E-state index contributed by atoms with van der Waals surface area (Å²) in [5.41, 5.74) is 1.88. The molecule has 3 rings (SSSR count). The average molecular weight is 295 g/mol. The SMILES string of the molecule is CC(C)(C)OC(=O)n1ccc2c(-c3ccccn3)cncc21. The number of carbonyl (C=O) groups excluding carboxylic acids is 1. The van der Waals surface area contributed by atoms with E-state index in [0.29, 0.717) is 5.52 Å². The van der Waals surface area contributed by atoms with Gasteiger partial charge in [-0.25, -0.2) is 4.79 Å². The first-order chi connectivity index (χ1) is 10.5. The lowest BCUT2D eigenvalue weighted by Gasteiger charge is -2.19. The Bertz CT molecular complexity index is 817. The minimum atomic E-state index is -0.542. The van der Waals surface area contributed by atoms with E-state index < -0.39 is 11.7 Å². The van der Waals surface area contributed by atoms with Crippen LogP contribution < -0.4 is 0 Å². The second-order valence-electron chi connectivity index (χ2n) is 6.00. The van der Waals surface area contributed by atoms with E-state index in [4.69, 9.17) is 4.74 Å². The number of fused-ring (bicyclic) bond motifs is 1. The van der Waals surface area contributed by atoms with Gasteiger partial charge in [0.2, 0.25) is 0 Å². The second kappa shape index (κ2) is 5.26. The van der Waals surface area contributed by atoms with Gasteiger partial charge in [0.25, 0.3) is 0 Å². The minimum Gasteiger partial charge on any atom is -0.443 e. The number of nitrogens with zero attached hydrogens (tertiary/aromatic N) is 3. The van der Waals surface area contributed by atoms with Crippen LogP contribution in [0.25, 0.3) is 22.2 Å². The van der Waals surface area contributed by atoms with Gasteiger partial charge in [-0.2, -0.15) is 0 Å². The molecule has 3 aromatic heterocycles. The lowest BCUT2D eigenvalue weighted by Crippen LogP contribution is -2.26. The largest absolute Gasteiger partial charge is 0.443 e. The third kappa shape index (κ3) is 2.70. The van der Waals surface area contributed by atoms with E-state index in [9.17, 15) is 4.79 Å². The molecule has 112 valence electrons. The van der Waals surface area contributed by atoms with E-state index in [0.717, 1.165) is 16.6 Å². The highest BCUT2D eigenvalue weighted by Gasteiger charge is 2.20. The molecule has 0 bridgehead atoms. The standard InChI is InChI=1S/C17H17N3O2/c1-17(2,3)22-16(21)20-9-7-12-13(10-18-11-15(12)20)14-6-4-5-8-19-14/h4-11H,1-3H3. The summed E-state index contributed by atoms with van der Waals surface area (Å²) in [4.78, 5) is 20.9. The zero-order chi connectivity index (χ0) is 15.7. The van der Waals surface area contributed by atoms with Crippen LogP contribution in [-0.2, 0) is 4.74 Å². The van der Waals surface area contributed by atoms with Crippen molar-refractivity contribution in [2.75, 3.05) is 0 Å². The quantitative estimate of drug-likeness (QED) is 0.683. The second-order valence-corrected chi connectivity index (χ2v) is 6.00. The molecule has 0 radical (unpaired) electrons. The van der Waals surface area contributed by atoms with Gasteiger partial charge in [-0.3, -0.25) is 14.5 Å². The van der Waals surface area contributed by atoms with Gasteiger partial charge in [-0.15, -0.1) is 0 Å². The molecule has 22 heavy (non-hydrogen) atoms. The Morgan fingerprint density at radius 3 is 2.68 bits per heavy atom. The third-order valence-corrected chi connectivity index (χ3v) is 3.15. The van der Waals surface area contributed by atoms with Crippen molar-refractivity contribution in [3.05, 3.63) is 49.1 Å². The molecule has 5 nitrogen and oxygen atoms in total. The van der Waals surface area contributed by atoms with Crippen molar-refractivity contribution in [3.8, 4) is 11.3 Å². The van der Waals surface area contributed by atoms with Crippen LogP contribution in [0.4, 0.5) is 4.79 Å². The van der Waals surface area contributed by atoms with E-state index in [1.54, 1.807) is 24.8 Å². The topological polar surface area (TPSA) is 57.0 Å². The first-order valence-electron chi connectivity index (χ1n) is 7.05. The van der Waals surface area contributed by atoms with Crippen molar-refractivity contribution in [3.63, 3.8) is 0 Å². The van der Waals surface area contributed by atoms with Crippen LogP contribution >= 0.6 is 0 Å². The average Bonchev–Trinajstić information content (AvgIpc) is 2.90. The zero-order valence-electron chi connectivity index (χ0n) is 12.8. The molecule has 0 aliphatic rings. The number of pyridine rings is 2.